The zero-order valence-electron chi connectivity index (χ0n) is 11.0. The van der Waals surface area contributed by atoms with E-state index in [1.54, 1.807) is 12.1 Å². The van der Waals surface area contributed by atoms with Gasteiger partial charge < -0.3 is 9.47 Å². The summed E-state index contributed by atoms with van der Waals surface area (Å²) in [4.78, 5) is 13.5. The maximum absolute atomic E-state index is 12.7. The molecular formula is C14H18FNO3. The standard InChI is InChI=1S/C14H18FNO3/c1-18-14(17)11-6-7-16(10-11)8-9-19-13-4-2-12(15)3-5-13/h2-5,11H,6-10H2,1H3. The average Bonchev–Trinajstić information content (AvgIpc) is 2.89. The molecule has 1 aliphatic rings. The van der Waals surface area contributed by atoms with Crippen molar-refractivity contribution in [2.75, 3.05) is 33.4 Å². The summed E-state index contributed by atoms with van der Waals surface area (Å²) < 4.78 is 23.0. The molecule has 0 aliphatic carbocycles. The van der Waals surface area contributed by atoms with Gasteiger partial charge >= 0.3 is 5.97 Å². The zero-order valence-corrected chi connectivity index (χ0v) is 11.0. The summed E-state index contributed by atoms with van der Waals surface area (Å²) >= 11 is 0. The highest BCUT2D eigenvalue weighted by atomic mass is 19.1. The number of carbonyl (C=O) groups excluding carboxylic acids is 1. The lowest BCUT2D eigenvalue weighted by atomic mass is 10.1. The van der Waals surface area contributed by atoms with Gasteiger partial charge in [0.1, 0.15) is 18.2 Å². The van der Waals surface area contributed by atoms with Crippen molar-refractivity contribution in [2.24, 2.45) is 5.92 Å². The number of hydrogen-bond acceptors (Lipinski definition) is 4. The van der Waals surface area contributed by atoms with Crippen LogP contribution in [-0.2, 0) is 9.53 Å². The lowest BCUT2D eigenvalue weighted by Gasteiger charge is -2.15. The van der Waals surface area contributed by atoms with Crippen LogP contribution in [0, 0.1) is 11.7 Å². The molecular weight excluding hydrogens is 249 g/mol. The Morgan fingerprint density at radius 2 is 2.16 bits per heavy atom. The molecule has 1 aromatic rings. The summed E-state index contributed by atoms with van der Waals surface area (Å²) in [7, 11) is 1.42. The van der Waals surface area contributed by atoms with E-state index in [1.165, 1.54) is 19.2 Å². The number of likely N-dealkylation sites (tertiary alicyclic amines) is 1. The van der Waals surface area contributed by atoms with E-state index in [1.807, 2.05) is 0 Å². The molecule has 19 heavy (non-hydrogen) atoms. The van der Waals surface area contributed by atoms with Crippen LogP contribution < -0.4 is 4.74 Å². The second-order valence-electron chi connectivity index (χ2n) is 4.61. The van der Waals surface area contributed by atoms with E-state index < -0.39 is 0 Å². The van der Waals surface area contributed by atoms with Gasteiger partial charge in [-0.05, 0) is 37.2 Å². The van der Waals surface area contributed by atoms with Gasteiger partial charge in [0.25, 0.3) is 0 Å². The summed E-state index contributed by atoms with van der Waals surface area (Å²) in [5.74, 6) is 0.232. The van der Waals surface area contributed by atoms with Crippen molar-refractivity contribution in [1.82, 2.24) is 4.90 Å². The van der Waals surface area contributed by atoms with Crippen molar-refractivity contribution in [3.8, 4) is 5.75 Å². The molecule has 1 saturated heterocycles. The number of hydrogen-bond donors (Lipinski definition) is 0. The Bertz CT molecular complexity index is 421. The third-order valence-corrected chi connectivity index (χ3v) is 3.30. The minimum Gasteiger partial charge on any atom is -0.492 e. The van der Waals surface area contributed by atoms with Gasteiger partial charge in [-0.25, -0.2) is 4.39 Å². The maximum Gasteiger partial charge on any atom is 0.310 e. The number of esters is 1. The van der Waals surface area contributed by atoms with Crippen LogP contribution in [0.15, 0.2) is 24.3 Å². The smallest absolute Gasteiger partial charge is 0.310 e. The molecule has 1 atom stereocenters. The van der Waals surface area contributed by atoms with Gasteiger partial charge in [-0.3, -0.25) is 9.69 Å². The summed E-state index contributed by atoms with van der Waals surface area (Å²) in [5.41, 5.74) is 0. The van der Waals surface area contributed by atoms with Crippen LogP contribution >= 0.6 is 0 Å². The van der Waals surface area contributed by atoms with Crippen molar-refractivity contribution >= 4 is 5.97 Å². The van der Waals surface area contributed by atoms with Crippen LogP contribution in [0.3, 0.4) is 0 Å². The van der Waals surface area contributed by atoms with Crippen LogP contribution in [0.1, 0.15) is 6.42 Å². The predicted octanol–water partition coefficient (Wildman–Crippen LogP) is 1.70. The van der Waals surface area contributed by atoms with Crippen molar-refractivity contribution in [3.63, 3.8) is 0 Å². The molecule has 1 unspecified atom stereocenters. The Kier molecular flexibility index (Phi) is 4.74. The van der Waals surface area contributed by atoms with Crippen LogP contribution in [-0.4, -0.2) is 44.2 Å². The average molecular weight is 267 g/mol. The molecule has 0 N–H and O–H groups in total. The molecule has 0 aromatic heterocycles. The molecule has 1 fully saturated rings. The van der Waals surface area contributed by atoms with Crippen LogP contribution in [0.5, 0.6) is 5.75 Å². The second-order valence-corrected chi connectivity index (χ2v) is 4.61. The number of rotatable bonds is 5. The monoisotopic (exact) mass is 267 g/mol. The van der Waals surface area contributed by atoms with Crippen molar-refractivity contribution in [2.45, 2.75) is 6.42 Å². The fourth-order valence-electron chi connectivity index (χ4n) is 2.22. The minimum absolute atomic E-state index is 0.0178. The highest BCUT2D eigenvalue weighted by Gasteiger charge is 2.28. The number of carbonyl (C=O) groups is 1. The Balaban J connectivity index is 1.69. The molecule has 104 valence electrons. The van der Waals surface area contributed by atoms with E-state index >= 15 is 0 Å². The van der Waals surface area contributed by atoms with E-state index in [0.29, 0.717) is 12.4 Å². The molecule has 1 aromatic carbocycles. The van der Waals surface area contributed by atoms with Gasteiger partial charge in [-0.2, -0.15) is 0 Å². The van der Waals surface area contributed by atoms with E-state index in [-0.39, 0.29) is 17.7 Å². The Hall–Kier alpha value is -1.62. The largest absolute Gasteiger partial charge is 0.492 e. The Morgan fingerprint density at radius 3 is 2.84 bits per heavy atom. The van der Waals surface area contributed by atoms with E-state index in [0.717, 1.165) is 26.1 Å². The molecule has 2 rings (SSSR count). The van der Waals surface area contributed by atoms with E-state index in [4.69, 9.17) is 9.47 Å². The molecule has 1 heterocycles. The third-order valence-electron chi connectivity index (χ3n) is 3.30. The topological polar surface area (TPSA) is 38.8 Å². The summed E-state index contributed by atoms with van der Waals surface area (Å²) in [6.45, 7) is 2.89. The molecule has 0 amide bonds. The first kappa shape index (κ1) is 13.8. The quantitative estimate of drug-likeness (QED) is 0.761. The van der Waals surface area contributed by atoms with E-state index in [9.17, 15) is 9.18 Å². The normalized spacial score (nSPS) is 19.4. The second kappa shape index (κ2) is 6.52. The van der Waals surface area contributed by atoms with Gasteiger partial charge in [0.2, 0.25) is 0 Å². The van der Waals surface area contributed by atoms with Gasteiger partial charge in [0, 0.05) is 13.1 Å². The Morgan fingerprint density at radius 1 is 1.42 bits per heavy atom. The Labute approximate surface area is 112 Å². The summed E-state index contributed by atoms with van der Waals surface area (Å²) in [6, 6.07) is 5.96. The minimum atomic E-state index is -0.271. The number of halogens is 1. The SMILES string of the molecule is COC(=O)C1CCN(CCOc2ccc(F)cc2)C1. The summed E-state index contributed by atoms with van der Waals surface area (Å²) in [5, 5.41) is 0. The lowest BCUT2D eigenvalue weighted by molar-refractivity contribution is -0.144. The van der Waals surface area contributed by atoms with Crippen molar-refractivity contribution in [3.05, 3.63) is 30.1 Å². The first-order valence-electron chi connectivity index (χ1n) is 6.37. The predicted molar refractivity (Wildman–Crippen MR) is 68.5 cm³/mol. The van der Waals surface area contributed by atoms with Gasteiger partial charge in [0.05, 0.1) is 13.0 Å². The highest BCUT2D eigenvalue weighted by molar-refractivity contribution is 5.72. The maximum atomic E-state index is 12.7. The number of benzene rings is 1. The number of ether oxygens (including phenoxy) is 2. The molecule has 0 bridgehead atoms. The molecule has 1 aliphatic heterocycles. The van der Waals surface area contributed by atoms with Crippen LogP contribution in [0.2, 0.25) is 0 Å². The first-order valence-corrected chi connectivity index (χ1v) is 6.37. The molecule has 4 nitrogen and oxygen atoms in total. The van der Waals surface area contributed by atoms with Gasteiger partial charge in [-0.1, -0.05) is 0 Å². The molecule has 0 saturated carbocycles. The number of methoxy groups -OCH3 is 1. The van der Waals surface area contributed by atoms with Crippen molar-refractivity contribution in [1.29, 1.82) is 0 Å². The lowest BCUT2D eigenvalue weighted by Crippen LogP contribution is -2.28. The molecule has 0 radical (unpaired) electrons. The van der Waals surface area contributed by atoms with Gasteiger partial charge in [-0.15, -0.1) is 0 Å². The zero-order chi connectivity index (χ0) is 13.7. The number of nitrogens with zero attached hydrogens (tertiary/aromatic N) is 1. The summed E-state index contributed by atoms with van der Waals surface area (Å²) in [6.07, 6.45) is 0.837. The van der Waals surface area contributed by atoms with Gasteiger partial charge in [0.15, 0.2) is 0 Å². The molecule has 5 heteroatoms. The van der Waals surface area contributed by atoms with Crippen LogP contribution in [0.25, 0.3) is 0 Å². The fourth-order valence-corrected chi connectivity index (χ4v) is 2.22. The van der Waals surface area contributed by atoms with Crippen LogP contribution in [0.4, 0.5) is 4.39 Å². The van der Waals surface area contributed by atoms with E-state index in [2.05, 4.69) is 4.90 Å². The first-order chi connectivity index (χ1) is 9.19. The molecule has 0 spiro atoms. The highest BCUT2D eigenvalue weighted by Crippen LogP contribution is 2.17. The fraction of sp³-hybridized carbons (Fsp3) is 0.500. The van der Waals surface area contributed by atoms with Crippen molar-refractivity contribution < 1.29 is 18.7 Å². The third kappa shape index (κ3) is 3.92.